The summed E-state index contributed by atoms with van der Waals surface area (Å²) in [5, 5.41) is 24.5. The first kappa shape index (κ1) is 13.8. The third-order valence-corrected chi connectivity index (χ3v) is 2.70. The van der Waals surface area contributed by atoms with Crippen molar-refractivity contribution in [3.63, 3.8) is 0 Å². The molecule has 0 aliphatic carbocycles. The number of carboxylic acids is 1. The molecule has 20 heavy (non-hydrogen) atoms. The highest BCUT2D eigenvalue weighted by molar-refractivity contribution is 6.30. The molecule has 0 bridgehead atoms. The van der Waals surface area contributed by atoms with Crippen LogP contribution in [0, 0.1) is 5.21 Å². The van der Waals surface area contributed by atoms with E-state index in [-0.39, 0.29) is 5.56 Å². The Hall–Kier alpha value is -2.60. The molecule has 0 fully saturated rings. The number of aromatic carboxylic acids is 1. The van der Waals surface area contributed by atoms with Gasteiger partial charge in [-0.15, -0.1) is 10.3 Å². The van der Waals surface area contributed by atoms with E-state index >= 15 is 0 Å². The van der Waals surface area contributed by atoms with E-state index < -0.39 is 5.97 Å². The Labute approximate surface area is 119 Å². The maximum absolute atomic E-state index is 11.7. The molecule has 0 aliphatic rings. The molecule has 6 nitrogen and oxygen atoms in total. The molecular formula is C13H10ClN3O3. The third kappa shape index (κ3) is 3.46. The highest BCUT2D eigenvalue weighted by atomic mass is 35.5. The van der Waals surface area contributed by atoms with Crippen LogP contribution < -0.4 is 5.43 Å². The van der Waals surface area contributed by atoms with Crippen molar-refractivity contribution in [3.05, 3.63) is 64.3 Å². The van der Waals surface area contributed by atoms with Crippen LogP contribution in [0.25, 0.3) is 0 Å². The zero-order valence-electron chi connectivity index (χ0n) is 10.2. The maximum Gasteiger partial charge on any atom is 0.335 e. The van der Waals surface area contributed by atoms with E-state index in [1.165, 1.54) is 36.4 Å². The molecule has 2 aromatic rings. The lowest BCUT2D eigenvalue weighted by atomic mass is 10.2. The normalized spacial score (nSPS) is 11.2. The molecule has 0 aromatic heterocycles. The molecule has 0 aliphatic heterocycles. The van der Waals surface area contributed by atoms with Gasteiger partial charge in [0.1, 0.15) is 5.69 Å². The molecule has 2 rings (SSSR count). The molecule has 0 unspecified atom stereocenters. The van der Waals surface area contributed by atoms with Gasteiger partial charge in [-0.05, 0) is 48.5 Å². The summed E-state index contributed by atoms with van der Waals surface area (Å²) < 4.78 is 0. The maximum atomic E-state index is 11.7. The van der Waals surface area contributed by atoms with Crippen LogP contribution in [0.3, 0.4) is 0 Å². The van der Waals surface area contributed by atoms with Gasteiger partial charge in [0.05, 0.1) is 10.8 Å². The third-order valence-electron chi connectivity index (χ3n) is 2.45. The van der Waals surface area contributed by atoms with Crippen molar-refractivity contribution in [3.8, 4) is 0 Å². The van der Waals surface area contributed by atoms with Crippen molar-refractivity contribution < 1.29 is 14.8 Å². The Morgan fingerprint density at radius 2 is 1.75 bits per heavy atom. The number of rotatable bonds is 4. The molecule has 0 atom stereocenters. The molecule has 0 spiro atoms. The number of carboxylic acid groups (broad SMARTS) is 1. The van der Waals surface area contributed by atoms with E-state index in [0.29, 0.717) is 21.3 Å². The molecule has 0 amide bonds. The van der Waals surface area contributed by atoms with Gasteiger partial charge in [0.25, 0.3) is 0 Å². The number of hydrogen-bond acceptors (Lipinski definition) is 3. The standard InChI is InChI=1S/C13H10ClN3O3/c14-10-3-7-12(8-4-10)17(20)16-15-11-5-1-9(2-6-11)13(18)19/h1-8,15H,(H,18,19)/b17-16-. The van der Waals surface area contributed by atoms with Gasteiger partial charge in [-0.3, -0.25) is 0 Å². The topological polar surface area (TPSA) is 87.8 Å². The van der Waals surface area contributed by atoms with Gasteiger partial charge in [0.2, 0.25) is 0 Å². The van der Waals surface area contributed by atoms with Crippen molar-refractivity contribution >= 4 is 28.9 Å². The summed E-state index contributed by atoms with van der Waals surface area (Å²) >= 11 is 5.71. The van der Waals surface area contributed by atoms with Crippen molar-refractivity contribution in [2.75, 3.05) is 5.43 Å². The minimum absolute atomic E-state index is 0.159. The summed E-state index contributed by atoms with van der Waals surface area (Å²) in [4.78, 5) is 11.1. The number of carbonyl (C=O) groups is 1. The molecule has 7 heteroatoms. The Morgan fingerprint density at radius 1 is 1.15 bits per heavy atom. The van der Waals surface area contributed by atoms with Gasteiger partial charge < -0.3 is 10.3 Å². The van der Waals surface area contributed by atoms with Crippen LogP contribution in [0.2, 0.25) is 5.02 Å². The predicted molar refractivity (Wildman–Crippen MR) is 74.2 cm³/mol. The Kier molecular flexibility index (Phi) is 4.17. The van der Waals surface area contributed by atoms with Gasteiger partial charge in [0, 0.05) is 5.02 Å². The molecule has 0 saturated carbocycles. The summed E-state index contributed by atoms with van der Waals surface area (Å²) in [6.07, 6.45) is 0. The van der Waals surface area contributed by atoms with Crippen LogP contribution >= 0.6 is 11.6 Å². The van der Waals surface area contributed by atoms with Crippen LogP contribution in [-0.2, 0) is 0 Å². The molecule has 2 aromatic carbocycles. The quantitative estimate of drug-likeness (QED) is 0.511. The number of halogens is 1. The van der Waals surface area contributed by atoms with E-state index in [4.69, 9.17) is 16.7 Å². The second kappa shape index (κ2) is 6.03. The largest absolute Gasteiger partial charge is 0.691 e. The van der Waals surface area contributed by atoms with Crippen LogP contribution in [-0.4, -0.2) is 15.9 Å². The van der Waals surface area contributed by atoms with Crippen LogP contribution in [0.15, 0.2) is 53.8 Å². The van der Waals surface area contributed by atoms with Gasteiger partial charge in [-0.1, -0.05) is 11.6 Å². The summed E-state index contributed by atoms with van der Waals surface area (Å²) in [5.74, 6) is -1.01. The first-order valence-electron chi connectivity index (χ1n) is 5.59. The fourth-order valence-electron chi connectivity index (χ4n) is 1.42. The average molecular weight is 292 g/mol. The fraction of sp³-hybridized carbons (Fsp3) is 0. The Morgan fingerprint density at radius 3 is 2.30 bits per heavy atom. The number of nitrogens with one attached hydrogen (secondary N) is 1. The van der Waals surface area contributed by atoms with Crippen LogP contribution in [0.1, 0.15) is 10.4 Å². The highest BCUT2D eigenvalue weighted by Gasteiger charge is 2.03. The summed E-state index contributed by atoms with van der Waals surface area (Å²) in [7, 11) is 0. The van der Waals surface area contributed by atoms with Crippen molar-refractivity contribution in [1.29, 1.82) is 0 Å². The monoisotopic (exact) mass is 291 g/mol. The second-order valence-corrected chi connectivity index (χ2v) is 4.28. The molecule has 2 N–H and O–H groups in total. The van der Waals surface area contributed by atoms with E-state index in [0.717, 1.165) is 0 Å². The number of benzene rings is 2. The lowest BCUT2D eigenvalue weighted by Gasteiger charge is -2.05. The van der Waals surface area contributed by atoms with E-state index in [2.05, 4.69) is 10.6 Å². The minimum atomic E-state index is -1.01. The first-order chi connectivity index (χ1) is 9.56. The number of nitrogens with zero attached hydrogens (tertiary/aromatic N) is 2. The van der Waals surface area contributed by atoms with E-state index in [1.54, 1.807) is 12.1 Å². The highest BCUT2D eigenvalue weighted by Crippen LogP contribution is 2.16. The van der Waals surface area contributed by atoms with E-state index in [9.17, 15) is 10.0 Å². The number of anilines is 1. The second-order valence-electron chi connectivity index (χ2n) is 3.84. The SMILES string of the molecule is O=C(O)c1ccc(N/N=[N+](\[O-])c2ccc(Cl)cc2)cc1. The average Bonchev–Trinajstić information content (AvgIpc) is 2.46. The van der Waals surface area contributed by atoms with Crippen molar-refractivity contribution in [2.45, 2.75) is 0 Å². The van der Waals surface area contributed by atoms with Crippen LogP contribution in [0.4, 0.5) is 11.4 Å². The van der Waals surface area contributed by atoms with Gasteiger partial charge in [-0.2, -0.15) is 0 Å². The predicted octanol–water partition coefficient (Wildman–Crippen LogP) is 3.66. The van der Waals surface area contributed by atoms with Gasteiger partial charge >= 0.3 is 5.97 Å². The first-order valence-corrected chi connectivity index (χ1v) is 5.97. The molecule has 0 radical (unpaired) electrons. The lowest BCUT2D eigenvalue weighted by Crippen LogP contribution is -1.99. The number of hydrogen-bond donors (Lipinski definition) is 2. The Bertz CT molecular complexity index is 639. The Balaban J connectivity index is 2.08. The van der Waals surface area contributed by atoms with Gasteiger partial charge in [-0.25, -0.2) is 4.79 Å². The summed E-state index contributed by atoms with van der Waals surface area (Å²) in [5.41, 5.74) is 3.52. The molecule has 0 heterocycles. The molecular weight excluding hydrogens is 282 g/mol. The summed E-state index contributed by atoms with van der Waals surface area (Å²) in [6, 6.07) is 12.1. The zero-order chi connectivity index (χ0) is 14.5. The van der Waals surface area contributed by atoms with Crippen molar-refractivity contribution in [1.82, 2.24) is 0 Å². The lowest BCUT2D eigenvalue weighted by molar-refractivity contribution is -0.439. The smallest absolute Gasteiger partial charge is 0.335 e. The zero-order valence-corrected chi connectivity index (χ0v) is 10.9. The van der Waals surface area contributed by atoms with Gasteiger partial charge in [0.15, 0.2) is 5.69 Å². The van der Waals surface area contributed by atoms with Crippen LogP contribution in [0.5, 0.6) is 0 Å². The fourth-order valence-corrected chi connectivity index (χ4v) is 1.54. The van der Waals surface area contributed by atoms with Crippen molar-refractivity contribution in [2.24, 2.45) is 5.22 Å². The summed E-state index contributed by atoms with van der Waals surface area (Å²) in [6.45, 7) is 0. The molecule has 102 valence electrons. The molecule has 0 saturated heterocycles. The minimum Gasteiger partial charge on any atom is -0.691 e. The van der Waals surface area contributed by atoms with E-state index in [1.807, 2.05) is 0 Å².